The number of hydrogen-bond acceptors (Lipinski definition) is 6. The highest BCUT2D eigenvalue weighted by atomic mass is 35.5. The number of nitrogens with zero attached hydrogens (tertiary/aromatic N) is 5. The molecule has 0 bridgehead atoms. The van der Waals surface area contributed by atoms with Gasteiger partial charge in [-0.15, -0.1) is 0 Å². The predicted octanol–water partition coefficient (Wildman–Crippen LogP) is 3.99. The first-order chi connectivity index (χ1) is 13.9. The van der Waals surface area contributed by atoms with E-state index >= 15 is 0 Å². The second-order valence-electron chi connectivity index (χ2n) is 5.80. The van der Waals surface area contributed by atoms with Gasteiger partial charge in [-0.1, -0.05) is 23.4 Å². The van der Waals surface area contributed by atoms with Crippen molar-refractivity contribution in [2.45, 2.75) is 23.6 Å². The molecule has 0 fully saturated rings. The molecular formula is C18H13ClF2N6OS. The number of hydrogen-bond donors (Lipinski definition) is 1. The van der Waals surface area contributed by atoms with E-state index < -0.39 is 17.7 Å². The minimum Gasteiger partial charge on any atom is -0.342 e. The van der Waals surface area contributed by atoms with Gasteiger partial charge in [0.05, 0.1) is 11.6 Å². The fraction of sp³-hybridized carbons (Fsp3) is 0.167. The first-order valence-electron chi connectivity index (χ1n) is 8.20. The highest BCUT2D eigenvalue weighted by molar-refractivity contribution is 7.99. The lowest BCUT2D eigenvalue weighted by atomic mass is 10.2. The first-order valence-corrected chi connectivity index (χ1v) is 9.46. The molecule has 0 spiro atoms. The molecule has 0 saturated heterocycles. The molecule has 0 radical (unpaired) electrons. The van der Waals surface area contributed by atoms with Crippen LogP contribution in [0.15, 0.2) is 47.8 Å². The second kappa shape index (κ2) is 8.98. The molecule has 0 aliphatic rings. The van der Waals surface area contributed by atoms with E-state index in [2.05, 4.69) is 20.4 Å². The monoisotopic (exact) mass is 434 g/mol. The Bertz CT molecular complexity index is 1070. The average Bonchev–Trinajstić information content (AvgIpc) is 3.17. The van der Waals surface area contributed by atoms with Gasteiger partial charge in [-0.3, -0.25) is 4.79 Å². The predicted molar refractivity (Wildman–Crippen MR) is 103 cm³/mol. The van der Waals surface area contributed by atoms with Crippen LogP contribution in [0.3, 0.4) is 0 Å². The zero-order chi connectivity index (χ0) is 21.0. The van der Waals surface area contributed by atoms with Gasteiger partial charge in [0.1, 0.15) is 12.4 Å². The molecule has 11 heteroatoms. The number of nitrogens with one attached hydrogen (secondary N) is 1. The Kier molecular flexibility index (Phi) is 6.41. The third-order valence-corrected chi connectivity index (χ3v) is 4.67. The van der Waals surface area contributed by atoms with E-state index in [1.807, 2.05) is 6.07 Å². The van der Waals surface area contributed by atoms with E-state index in [-0.39, 0.29) is 15.5 Å². The number of thioether (sulfide) groups is 1. The molecule has 1 atom stereocenters. The van der Waals surface area contributed by atoms with Gasteiger partial charge < -0.3 is 5.32 Å². The number of carbonyl (C=O) groups excluding carboxylic acids is 1. The lowest BCUT2D eigenvalue weighted by molar-refractivity contribution is 0.0937. The molecule has 3 aromatic rings. The smallest absolute Gasteiger partial charge is 0.288 e. The van der Waals surface area contributed by atoms with Crippen LogP contribution in [0.4, 0.5) is 8.78 Å². The van der Waals surface area contributed by atoms with Crippen molar-refractivity contribution in [2.24, 2.45) is 0 Å². The van der Waals surface area contributed by atoms with Crippen molar-refractivity contribution in [3.05, 3.63) is 64.8 Å². The number of alkyl halides is 2. The Balaban J connectivity index is 1.80. The Morgan fingerprint density at radius 2 is 2.10 bits per heavy atom. The van der Waals surface area contributed by atoms with Crippen LogP contribution in [0.5, 0.6) is 0 Å². The summed E-state index contributed by atoms with van der Waals surface area (Å²) < 4.78 is 26.7. The SMILES string of the molecule is C[C@H](NC(=O)c1cc(Cl)cc(SC(F)F)c1)c1ncnn1-c1ccc(C#N)cn1. The summed E-state index contributed by atoms with van der Waals surface area (Å²) >= 11 is 6.26. The van der Waals surface area contributed by atoms with E-state index in [0.29, 0.717) is 29.0 Å². The van der Waals surface area contributed by atoms with Crippen LogP contribution in [0.2, 0.25) is 5.02 Å². The zero-order valence-corrected chi connectivity index (χ0v) is 16.5. The van der Waals surface area contributed by atoms with Gasteiger partial charge >= 0.3 is 0 Å². The average molecular weight is 435 g/mol. The number of nitriles is 1. The number of benzene rings is 1. The summed E-state index contributed by atoms with van der Waals surface area (Å²) in [7, 11) is 0. The van der Waals surface area contributed by atoms with E-state index in [9.17, 15) is 13.6 Å². The van der Waals surface area contributed by atoms with Crippen LogP contribution < -0.4 is 5.32 Å². The van der Waals surface area contributed by atoms with Gasteiger partial charge in [-0.2, -0.15) is 23.8 Å². The molecule has 29 heavy (non-hydrogen) atoms. The molecule has 2 heterocycles. The second-order valence-corrected chi connectivity index (χ2v) is 7.30. The topological polar surface area (TPSA) is 96.5 Å². The van der Waals surface area contributed by atoms with Gasteiger partial charge in [0.15, 0.2) is 11.6 Å². The third-order valence-electron chi connectivity index (χ3n) is 3.76. The van der Waals surface area contributed by atoms with E-state index in [1.54, 1.807) is 19.1 Å². The maximum absolute atomic E-state index is 12.6. The maximum Gasteiger partial charge on any atom is 0.288 e. The molecule has 0 aliphatic carbocycles. The fourth-order valence-electron chi connectivity index (χ4n) is 2.51. The number of aromatic nitrogens is 4. The van der Waals surface area contributed by atoms with Crippen LogP contribution in [-0.2, 0) is 0 Å². The Morgan fingerprint density at radius 1 is 1.31 bits per heavy atom. The minimum absolute atomic E-state index is 0.148. The Hall–Kier alpha value is -3.03. The minimum atomic E-state index is -2.62. The lowest BCUT2D eigenvalue weighted by Crippen LogP contribution is -2.29. The van der Waals surface area contributed by atoms with Crippen molar-refractivity contribution >= 4 is 29.3 Å². The largest absolute Gasteiger partial charge is 0.342 e. The summed E-state index contributed by atoms with van der Waals surface area (Å²) in [6.45, 7) is 1.70. The molecule has 148 valence electrons. The molecule has 0 unspecified atom stereocenters. The van der Waals surface area contributed by atoms with Crippen LogP contribution in [0, 0.1) is 11.3 Å². The molecule has 2 aromatic heterocycles. The highest BCUT2D eigenvalue weighted by Gasteiger charge is 2.19. The highest BCUT2D eigenvalue weighted by Crippen LogP contribution is 2.29. The van der Waals surface area contributed by atoms with Crippen LogP contribution in [-0.4, -0.2) is 31.4 Å². The zero-order valence-electron chi connectivity index (χ0n) is 14.9. The number of halogens is 3. The maximum atomic E-state index is 12.6. The van der Waals surface area contributed by atoms with Gasteiger partial charge in [0, 0.05) is 21.7 Å². The summed E-state index contributed by atoms with van der Waals surface area (Å²) in [6, 6.07) is 8.70. The van der Waals surface area contributed by atoms with Crippen molar-refractivity contribution in [3.63, 3.8) is 0 Å². The van der Waals surface area contributed by atoms with E-state index in [0.717, 1.165) is 0 Å². The van der Waals surface area contributed by atoms with E-state index in [4.69, 9.17) is 16.9 Å². The van der Waals surface area contributed by atoms with Crippen LogP contribution in [0.25, 0.3) is 5.82 Å². The number of rotatable bonds is 6. The quantitative estimate of drug-likeness (QED) is 0.589. The van der Waals surface area contributed by atoms with Crippen molar-refractivity contribution in [1.82, 2.24) is 25.1 Å². The standard InChI is InChI=1S/C18H13ClF2N6OS/c1-10(16-24-9-25-27(16)15-3-2-11(7-22)8-23-15)26-17(28)12-4-13(19)6-14(5-12)29-18(20)21/h2-6,8-10,18H,1H3,(H,26,28)/t10-/m0/s1. The third kappa shape index (κ3) is 5.07. The first kappa shape index (κ1) is 20.7. The summed E-state index contributed by atoms with van der Waals surface area (Å²) in [6.07, 6.45) is 2.72. The molecule has 7 nitrogen and oxygen atoms in total. The molecule has 1 amide bonds. The Morgan fingerprint density at radius 3 is 2.76 bits per heavy atom. The molecule has 0 saturated carbocycles. The fourth-order valence-corrected chi connectivity index (χ4v) is 3.40. The number of carbonyl (C=O) groups is 1. The molecule has 0 aliphatic heterocycles. The number of amides is 1. The van der Waals surface area contributed by atoms with Crippen molar-refractivity contribution in [3.8, 4) is 11.9 Å². The summed E-state index contributed by atoms with van der Waals surface area (Å²) in [5.41, 5.74) is 0.547. The van der Waals surface area contributed by atoms with Gasteiger partial charge in [0.2, 0.25) is 0 Å². The van der Waals surface area contributed by atoms with Crippen LogP contribution in [0.1, 0.15) is 34.7 Å². The van der Waals surface area contributed by atoms with Crippen molar-refractivity contribution < 1.29 is 13.6 Å². The molecular weight excluding hydrogens is 422 g/mol. The van der Waals surface area contributed by atoms with Crippen molar-refractivity contribution in [2.75, 3.05) is 0 Å². The van der Waals surface area contributed by atoms with Gasteiger partial charge in [-0.05, 0) is 37.3 Å². The Labute approximate surface area is 173 Å². The van der Waals surface area contributed by atoms with Gasteiger partial charge in [-0.25, -0.2) is 9.97 Å². The van der Waals surface area contributed by atoms with E-state index in [1.165, 1.54) is 35.4 Å². The summed E-state index contributed by atoms with van der Waals surface area (Å²) in [5.74, 6) is -2.30. The summed E-state index contributed by atoms with van der Waals surface area (Å²) in [4.78, 5) is 21.1. The lowest BCUT2D eigenvalue weighted by Gasteiger charge is -2.15. The molecule has 1 N–H and O–H groups in total. The summed E-state index contributed by atoms with van der Waals surface area (Å²) in [5, 5.41) is 15.9. The van der Waals surface area contributed by atoms with Gasteiger partial charge in [0.25, 0.3) is 11.7 Å². The molecule has 3 rings (SSSR count). The number of pyridine rings is 1. The van der Waals surface area contributed by atoms with Crippen LogP contribution >= 0.6 is 23.4 Å². The molecule has 1 aromatic carbocycles. The normalized spacial score (nSPS) is 11.9. The van der Waals surface area contributed by atoms with Crippen molar-refractivity contribution in [1.29, 1.82) is 5.26 Å².